The number of benzene rings is 1. The lowest BCUT2D eigenvalue weighted by molar-refractivity contribution is -0.148. The van der Waals surface area contributed by atoms with E-state index in [-0.39, 0.29) is 35.0 Å². The van der Waals surface area contributed by atoms with Gasteiger partial charge in [-0.25, -0.2) is 4.98 Å². The van der Waals surface area contributed by atoms with Crippen molar-refractivity contribution in [1.29, 1.82) is 0 Å². The van der Waals surface area contributed by atoms with Crippen LogP contribution in [0, 0.1) is 23.2 Å². The number of aliphatic hydroxyl groups is 1. The Morgan fingerprint density at radius 3 is 2.91 bits per heavy atom. The third-order valence-corrected chi connectivity index (χ3v) is 9.76. The summed E-state index contributed by atoms with van der Waals surface area (Å²) in [7, 11) is 0. The van der Waals surface area contributed by atoms with Crippen molar-refractivity contribution in [2.24, 2.45) is 23.2 Å². The lowest BCUT2D eigenvalue weighted by Gasteiger charge is -2.53. The zero-order valence-corrected chi connectivity index (χ0v) is 22.3. The van der Waals surface area contributed by atoms with Gasteiger partial charge in [-0.3, -0.25) is 4.79 Å². The Morgan fingerprint density at radius 1 is 1.40 bits per heavy atom. The summed E-state index contributed by atoms with van der Waals surface area (Å²) in [6.45, 7) is 9.40. The number of carbonyl (C=O) groups excluding carboxylic acids is 1. The number of aliphatic hydroxyl groups excluding tert-OH is 1. The summed E-state index contributed by atoms with van der Waals surface area (Å²) < 4.78 is 11.4. The van der Waals surface area contributed by atoms with Crippen molar-refractivity contribution in [2.45, 2.75) is 58.7 Å². The highest BCUT2D eigenvalue weighted by molar-refractivity contribution is 7.11. The van der Waals surface area contributed by atoms with Gasteiger partial charge in [0.15, 0.2) is 0 Å². The molecule has 1 aromatic carbocycles. The van der Waals surface area contributed by atoms with Gasteiger partial charge in [0.25, 0.3) is 0 Å². The van der Waals surface area contributed by atoms with E-state index in [1.165, 1.54) is 4.88 Å². The molecule has 2 aromatic rings. The summed E-state index contributed by atoms with van der Waals surface area (Å²) >= 11 is 7.80. The fourth-order valence-electron chi connectivity index (χ4n) is 6.62. The molecular formula is C27H35ClN2O4S. The number of amides is 1. The normalized spacial score (nSPS) is 31.4. The molecular weight excluding hydrogens is 484 g/mol. The monoisotopic (exact) mass is 518 g/mol. The summed E-state index contributed by atoms with van der Waals surface area (Å²) in [4.78, 5) is 21.4. The second-order valence-corrected chi connectivity index (χ2v) is 12.3. The first-order chi connectivity index (χ1) is 16.8. The van der Waals surface area contributed by atoms with Crippen LogP contribution in [0.1, 0.15) is 55.1 Å². The Hall–Kier alpha value is -1.67. The largest absolute Gasteiger partial charge is 0.486 e. The van der Waals surface area contributed by atoms with Gasteiger partial charge in [0.05, 0.1) is 25.0 Å². The van der Waals surface area contributed by atoms with Crippen molar-refractivity contribution in [3.05, 3.63) is 44.9 Å². The van der Waals surface area contributed by atoms with E-state index >= 15 is 0 Å². The number of morpholine rings is 1. The van der Waals surface area contributed by atoms with Gasteiger partial charge in [0.1, 0.15) is 17.4 Å². The fourth-order valence-corrected chi connectivity index (χ4v) is 8.08. The van der Waals surface area contributed by atoms with Crippen LogP contribution in [0.15, 0.2) is 24.3 Å². The van der Waals surface area contributed by atoms with Crippen molar-refractivity contribution in [3.63, 3.8) is 0 Å². The van der Waals surface area contributed by atoms with Crippen molar-refractivity contribution in [2.75, 3.05) is 26.3 Å². The highest BCUT2D eigenvalue weighted by Crippen LogP contribution is 2.57. The van der Waals surface area contributed by atoms with Crippen LogP contribution < -0.4 is 4.74 Å². The lowest BCUT2D eigenvalue weighted by Crippen LogP contribution is -2.54. The van der Waals surface area contributed by atoms with E-state index in [9.17, 15) is 9.90 Å². The topological polar surface area (TPSA) is 71.9 Å². The van der Waals surface area contributed by atoms with Crippen LogP contribution in [-0.2, 0) is 22.6 Å². The zero-order valence-electron chi connectivity index (χ0n) is 20.7. The fraction of sp³-hybridized carbons (Fsp3) is 0.630. The molecule has 8 heteroatoms. The average molecular weight is 519 g/mol. The number of fused-ring (bicyclic) bond motifs is 2. The van der Waals surface area contributed by atoms with E-state index in [1.807, 2.05) is 36.1 Å². The highest BCUT2D eigenvalue weighted by Gasteiger charge is 2.54. The van der Waals surface area contributed by atoms with E-state index in [0.29, 0.717) is 37.9 Å². The van der Waals surface area contributed by atoms with Crippen molar-refractivity contribution in [3.8, 4) is 5.75 Å². The van der Waals surface area contributed by atoms with Crippen molar-refractivity contribution >= 4 is 28.8 Å². The van der Waals surface area contributed by atoms with Gasteiger partial charge >= 0.3 is 0 Å². The van der Waals surface area contributed by atoms with Gasteiger partial charge in [0.2, 0.25) is 5.91 Å². The number of nitrogens with zero attached hydrogens (tertiary/aromatic N) is 2. The molecule has 1 saturated heterocycles. The minimum absolute atomic E-state index is 0.00167. The molecule has 190 valence electrons. The maximum atomic E-state index is 13.2. The molecule has 2 fully saturated rings. The van der Waals surface area contributed by atoms with Crippen LogP contribution in [0.2, 0.25) is 5.02 Å². The van der Waals surface area contributed by atoms with E-state index in [2.05, 4.69) is 13.8 Å². The summed E-state index contributed by atoms with van der Waals surface area (Å²) in [5.41, 5.74) is 1.09. The number of aromatic nitrogens is 1. The molecule has 6 atom stereocenters. The van der Waals surface area contributed by atoms with Crippen LogP contribution >= 0.6 is 22.9 Å². The van der Waals surface area contributed by atoms with Gasteiger partial charge in [-0.1, -0.05) is 38.4 Å². The molecule has 0 bridgehead atoms. The smallest absolute Gasteiger partial charge is 0.225 e. The zero-order chi connectivity index (χ0) is 24.7. The first kappa shape index (κ1) is 25.0. The maximum absolute atomic E-state index is 13.2. The van der Waals surface area contributed by atoms with E-state index in [0.717, 1.165) is 35.7 Å². The van der Waals surface area contributed by atoms with Gasteiger partial charge in [-0.05, 0) is 54.7 Å². The highest BCUT2D eigenvalue weighted by atomic mass is 35.5. The summed E-state index contributed by atoms with van der Waals surface area (Å²) in [6, 6.07) is 7.41. The lowest BCUT2D eigenvalue weighted by atomic mass is 9.53. The number of thiazole rings is 1. The average Bonchev–Trinajstić information content (AvgIpc) is 3.25. The molecule has 3 aliphatic rings. The predicted octanol–water partition coefficient (Wildman–Crippen LogP) is 4.92. The second-order valence-electron chi connectivity index (χ2n) is 10.7. The van der Waals surface area contributed by atoms with Crippen LogP contribution in [0.25, 0.3) is 0 Å². The summed E-state index contributed by atoms with van der Waals surface area (Å²) in [6.07, 6.45) is 2.28. The molecule has 1 N–H and O–H groups in total. The Morgan fingerprint density at radius 2 is 2.17 bits per heavy atom. The van der Waals surface area contributed by atoms with Crippen LogP contribution in [0.5, 0.6) is 5.75 Å². The number of halogens is 1. The molecule has 1 unspecified atom stereocenters. The number of rotatable bonds is 5. The molecule has 1 amide bonds. The molecule has 2 aliphatic carbocycles. The number of hydrogen-bond acceptors (Lipinski definition) is 6. The predicted molar refractivity (Wildman–Crippen MR) is 137 cm³/mol. The van der Waals surface area contributed by atoms with Crippen molar-refractivity contribution < 1.29 is 19.4 Å². The number of hydrogen-bond donors (Lipinski definition) is 1. The Kier molecular flexibility index (Phi) is 7.14. The molecule has 0 radical (unpaired) electrons. The summed E-state index contributed by atoms with van der Waals surface area (Å²) in [5, 5.41) is 13.3. The first-order valence-corrected chi connectivity index (χ1v) is 13.9. The van der Waals surface area contributed by atoms with E-state index < -0.39 is 6.10 Å². The molecule has 35 heavy (non-hydrogen) atoms. The summed E-state index contributed by atoms with van der Waals surface area (Å²) in [5.74, 6) is 0.867. The molecule has 1 aliphatic heterocycles. The van der Waals surface area contributed by atoms with Gasteiger partial charge < -0.3 is 19.5 Å². The number of carbonyl (C=O) groups is 1. The number of ether oxygens (including phenoxy) is 2. The van der Waals surface area contributed by atoms with E-state index in [4.69, 9.17) is 26.1 Å². The minimum atomic E-state index is -0.523. The SMILES string of the molecule is C[C@H](C(=O)N1CCOCC1)C1CC[C@@]2(C)Cc3sc(COc4cccc(Cl)c4)nc3[C@@H](C)[C@@H]2[C@H]1O. The molecule has 1 aromatic heterocycles. The maximum Gasteiger partial charge on any atom is 0.225 e. The standard InChI is InChI=1S/C27H35ClN2O4S/c1-16(26(32)30-9-11-33-12-10-30)20-7-8-27(3)14-21-24(17(2)23(27)25(20)31)29-22(35-21)15-34-19-6-4-5-18(28)13-19/h4-6,13,16-17,20,23,25,31H,7-12,14-15H2,1-3H3/t16-,17-,20?,23+,25-,27-/m0/s1. The third-order valence-electron chi connectivity index (χ3n) is 8.48. The van der Waals surface area contributed by atoms with Gasteiger partial charge in [0, 0.05) is 34.8 Å². The third kappa shape index (κ3) is 4.85. The minimum Gasteiger partial charge on any atom is -0.486 e. The first-order valence-electron chi connectivity index (χ1n) is 12.7. The van der Waals surface area contributed by atoms with Crippen LogP contribution in [0.3, 0.4) is 0 Å². The molecule has 0 spiro atoms. The van der Waals surface area contributed by atoms with Gasteiger partial charge in [-0.15, -0.1) is 11.3 Å². The Balaban J connectivity index is 1.31. The van der Waals surface area contributed by atoms with Gasteiger partial charge in [-0.2, -0.15) is 0 Å². The van der Waals surface area contributed by atoms with E-state index in [1.54, 1.807) is 11.3 Å². The quantitative estimate of drug-likeness (QED) is 0.608. The second kappa shape index (κ2) is 10.0. The van der Waals surface area contributed by atoms with Crippen LogP contribution in [-0.4, -0.2) is 53.3 Å². The molecule has 1 saturated carbocycles. The Labute approximate surface area is 216 Å². The van der Waals surface area contributed by atoms with Crippen LogP contribution in [0.4, 0.5) is 0 Å². The molecule has 5 rings (SSSR count). The molecule has 6 nitrogen and oxygen atoms in total. The molecule has 2 heterocycles. The van der Waals surface area contributed by atoms with Crippen molar-refractivity contribution in [1.82, 2.24) is 9.88 Å². The Bertz CT molecular complexity index is 1070.